The highest BCUT2D eigenvalue weighted by Gasteiger charge is 2.07. The van der Waals surface area contributed by atoms with Crippen LogP contribution in [0.5, 0.6) is 0 Å². The average molecular weight is 283 g/mol. The summed E-state index contributed by atoms with van der Waals surface area (Å²) in [5, 5.41) is 8.92. The van der Waals surface area contributed by atoms with Crippen LogP contribution in [0.2, 0.25) is 0 Å². The van der Waals surface area contributed by atoms with E-state index in [1.807, 2.05) is 0 Å². The molecule has 0 saturated carbocycles. The SMILES string of the molecule is CCCCCCc1nc2ccc(C(=O)O)cc2[nH]1.Cl. The van der Waals surface area contributed by atoms with E-state index in [4.69, 9.17) is 5.11 Å². The van der Waals surface area contributed by atoms with Gasteiger partial charge < -0.3 is 10.1 Å². The Bertz CT molecular complexity index is 551. The smallest absolute Gasteiger partial charge is 0.335 e. The minimum atomic E-state index is -0.906. The van der Waals surface area contributed by atoms with E-state index in [0.717, 1.165) is 29.7 Å². The molecule has 0 unspecified atom stereocenters. The lowest BCUT2D eigenvalue weighted by Gasteiger charge is -1.95. The van der Waals surface area contributed by atoms with Crippen LogP contribution in [0.1, 0.15) is 48.8 Å². The summed E-state index contributed by atoms with van der Waals surface area (Å²) in [6.07, 6.45) is 5.75. The number of aromatic nitrogens is 2. The zero-order chi connectivity index (χ0) is 13.0. The Labute approximate surface area is 118 Å². The number of nitrogens with zero attached hydrogens (tertiary/aromatic N) is 1. The van der Waals surface area contributed by atoms with Gasteiger partial charge in [-0.05, 0) is 24.6 Å². The molecule has 19 heavy (non-hydrogen) atoms. The van der Waals surface area contributed by atoms with Crippen molar-refractivity contribution in [1.82, 2.24) is 9.97 Å². The second-order valence-corrected chi connectivity index (χ2v) is 4.53. The van der Waals surface area contributed by atoms with Gasteiger partial charge >= 0.3 is 5.97 Å². The lowest BCUT2D eigenvalue weighted by atomic mass is 10.1. The van der Waals surface area contributed by atoms with Crippen LogP contribution in [0.25, 0.3) is 11.0 Å². The highest BCUT2D eigenvalue weighted by Crippen LogP contribution is 2.15. The van der Waals surface area contributed by atoms with E-state index in [0.29, 0.717) is 5.56 Å². The number of hydrogen-bond acceptors (Lipinski definition) is 2. The van der Waals surface area contributed by atoms with Crippen molar-refractivity contribution < 1.29 is 9.90 Å². The number of halogens is 1. The average Bonchev–Trinajstić information content (AvgIpc) is 2.76. The van der Waals surface area contributed by atoms with Crippen molar-refractivity contribution in [3.8, 4) is 0 Å². The summed E-state index contributed by atoms with van der Waals surface area (Å²) < 4.78 is 0. The van der Waals surface area contributed by atoms with Crippen molar-refractivity contribution in [2.45, 2.75) is 39.0 Å². The second-order valence-electron chi connectivity index (χ2n) is 4.53. The summed E-state index contributed by atoms with van der Waals surface area (Å²) >= 11 is 0. The molecule has 1 aromatic carbocycles. The van der Waals surface area contributed by atoms with Gasteiger partial charge in [0.25, 0.3) is 0 Å². The number of carboxylic acids is 1. The van der Waals surface area contributed by atoms with E-state index in [9.17, 15) is 4.79 Å². The Kier molecular flexibility index (Phi) is 5.83. The van der Waals surface area contributed by atoms with E-state index in [1.54, 1.807) is 18.2 Å². The van der Waals surface area contributed by atoms with Crippen molar-refractivity contribution in [3.63, 3.8) is 0 Å². The molecule has 0 aliphatic heterocycles. The number of unbranched alkanes of at least 4 members (excludes halogenated alkanes) is 3. The summed E-state index contributed by atoms with van der Waals surface area (Å²) in [6, 6.07) is 4.98. The molecule has 0 aliphatic rings. The number of benzene rings is 1. The van der Waals surface area contributed by atoms with Crippen LogP contribution < -0.4 is 0 Å². The number of aromatic amines is 1. The normalized spacial score (nSPS) is 10.4. The number of imidazole rings is 1. The van der Waals surface area contributed by atoms with Gasteiger partial charge in [0.15, 0.2) is 0 Å². The van der Waals surface area contributed by atoms with Gasteiger partial charge in [0.1, 0.15) is 5.82 Å². The Morgan fingerprint density at radius 3 is 2.79 bits per heavy atom. The number of nitrogens with one attached hydrogen (secondary N) is 1. The zero-order valence-corrected chi connectivity index (χ0v) is 11.8. The Balaban J connectivity index is 0.00000180. The van der Waals surface area contributed by atoms with Crippen LogP contribution in [0.3, 0.4) is 0 Å². The molecule has 0 saturated heterocycles. The van der Waals surface area contributed by atoms with Crippen molar-refractivity contribution >= 4 is 29.4 Å². The number of rotatable bonds is 6. The minimum Gasteiger partial charge on any atom is -0.478 e. The van der Waals surface area contributed by atoms with Gasteiger partial charge in [0.2, 0.25) is 0 Å². The lowest BCUT2D eigenvalue weighted by Crippen LogP contribution is -1.94. The van der Waals surface area contributed by atoms with Gasteiger partial charge in [-0.3, -0.25) is 0 Å². The fraction of sp³-hybridized carbons (Fsp3) is 0.429. The Morgan fingerprint density at radius 1 is 1.32 bits per heavy atom. The van der Waals surface area contributed by atoms with Crippen molar-refractivity contribution in [2.24, 2.45) is 0 Å². The Morgan fingerprint density at radius 2 is 2.11 bits per heavy atom. The minimum absolute atomic E-state index is 0. The van der Waals surface area contributed by atoms with E-state index >= 15 is 0 Å². The van der Waals surface area contributed by atoms with Crippen molar-refractivity contribution in [3.05, 3.63) is 29.6 Å². The number of carbonyl (C=O) groups is 1. The topological polar surface area (TPSA) is 66.0 Å². The molecule has 0 bridgehead atoms. The first-order valence-corrected chi connectivity index (χ1v) is 6.42. The molecule has 0 fully saturated rings. The van der Waals surface area contributed by atoms with Crippen LogP contribution in [0, 0.1) is 0 Å². The first kappa shape index (κ1) is 15.5. The fourth-order valence-electron chi connectivity index (χ4n) is 2.03. The van der Waals surface area contributed by atoms with Crippen LogP contribution in [-0.4, -0.2) is 21.0 Å². The molecule has 0 amide bonds. The quantitative estimate of drug-likeness (QED) is 0.792. The molecular weight excluding hydrogens is 264 g/mol. The number of aromatic carboxylic acids is 1. The maximum absolute atomic E-state index is 10.9. The van der Waals surface area contributed by atoms with Crippen LogP contribution in [0.15, 0.2) is 18.2 Å². The second kappa shape index (κ2) is 7.14. The molecule has 0 radical (unpaired) electrons. The van der Waals surface area contributed by atoms with Gasteiger partial charge in [-0.1, -0.05) is 26.2 Å². The maximum Gasteiger partial charge on any atom is 0.335 e. The van der Waals surface area contributed by atoms with Gasteiger partial charge in [0.05, 0.1) is 16.6 Å². The largest absolute Gasteiger partial charge is 0.478 e. The monoisotopic (exact) mass is 282 g/mol. The summed E-state index contributed by atoms with van der Waals surface area (Å²) in [4.78, 5) is 18.5. The third-order valence-electron chi connectivity index (χ3n) is 3.05. The van der Waals surface area contributed by atoms with Gasteiger partial charge in [-0.25, -0.2) is 9.78 Å². The maximum atomic E-state index is 10.9. The first-order valence-electron chi connectivity index (χ1n) is 6.42. The molecule has 5 heteroatoms. The summed E-state index contributed by atoms with van der Waals surface area (Å²) in [5.74, 6) is 0.0413. The molecule has 2 N–H and O–H groups in total. The molecule has 2 aromatic rings. The Hall–Kier alpha value is -1.55. The van der Waals surface area contributed by atoms with Crippen LogP contribution >= 0.6 is 12.4 Å². The summed E-state index contributed by atoms with van der Waals surface area (Å²) in [6.45, 7) is 2.19. The molecule has 0 spiro atoms. The third-order valence-corrected chi connectivity index (χ3v) is 3.05. The highest BCUT2D eigenvalue weighted by molar-refractivity contribution is 5.92. The predicted octanol–water partition coefficient (Wildman–Crippen LogP) is 3.81. The predicted molar refractivity (Wildman–Crippen MR) is 78.1 cm³/mol. The molecule has 0 atom stereocenters. The fourth-order valence-corrected chi connectivity index (χ4v) is 2.03. The summed E-state index contributed by atoms with van der Waals surface area (Å²) in [5.41, 5.74) is 1.94. The van der Waals surface area contributed by atoms with Gasteiger partial charge in [0, 0.05) is 6.42 Å². The van der Waals surface area contributed by atoms with Crippen LogP contribution in [-0.2, 0) is 6.42 Å². The van der Waals surface area contributed by atoms with Gasteiger partial charge in [-0.15, -0.1) is 12.4 Å². The van der Waals surface area contributed by atoms with Crippen molar-refractivity contribution in [1.29, 1.82) is 0 Å². The third kappa shape index (κ3) is 3.96. The number of aryl methyl sites for hydroxylation is 1. The molecule has 1 aromatic heterocycles. The lowest BCUT2D eigenvalue weighted by molar-refractivity contribution is 0.0697. The zero-order valence-electron chi connectivity index (χ0n) is 11.0. The standard InChI is InChI=1S/C14H18N2O2.ClH/c1-2-3-4-5-6-13-15-11-8-7-10(14(17)18)9-12(11)16-13;/h7-9H,2-6H2,1H3,(H,15,16)(H,17,18);1H. The first-order chi connectivity index (χ1) is 8.70. The highest BCUT2D eigenvalue weighted by atomic mass is 35.5. The van der Waals surface area contributed by atoms with Crippen LogP contribution in [0.4, 0.5) is 0 Å². The van der Waals surface area contributed by atoms with E-state index < -0.39 is 5.97 Å². The van der Waals surface area contributed by atoms with Crippen molar-refractivity contribution in [2.75, 3.05) is 0 Å². The number of carboxylic acid groups (broad SMARTS) is 1. The summed E-state index contributed by atoms with van der Waals surface area (Å²) in [7, 11) is 0. The molecule has 1 heterocycles. The molecular formula is C14H19ClN2O2. The molecule has 4 nitrogen and oxygen atoms in total. The van der Waals surface area contributed by atoms with E-state index in [-0.39, 0.29) is 12.4 Å². The molecule has 0 aliphatic carbocycles. The van der Waals surface area contributed by atoms with Gasteiger partial charge in [-0.2, -0.15) is 0 Å². The van der Waals surface area contributed by atoms with E-state index in [2.05, 4.69) is 16.9 Å². The number of fused-ring (bicyclic) bond motifs is 1. The molecule has 104 valence electrons. The van der Waals surface area contributed by atoms with E-state index in [1.165, 1.54) is 19.3 Å². The number of H-pyrrole nitrogens is 1. The number of hydrogen-bond donors (Lipinski definition) is 2. The molecule has 2 rings (SSSR count).